The van der Waals surface area contributed by atoms with E-state index in [1.165, 1.54) is 6.20 Å². The van der Waals surface area contributed by atoms with Crippen molar-refractivity contribution >= 4 is 37.6 Å². The quantitative estimate of drug-likeness (QED) is 0.567. The van der Waals surface area contributed by atoms with Gasteiger partial charge in [-0.05, 0) is 39.2 Å². The van der Waals surface area contributed by atoms with E-state index in [1.807, 2.05) is 27.7 Å². The van der Waals surface area contributed by atoms with Gasteiger partial charge in [0, 0.05) is 5.75 Å². The van der Waals surface area contributed by atoms with Crippen molar-refractivity contribution in [3.63, 3.8) is 0 Å². The first-order valence-electron chi connectivity index (χ1n) is 7.10. The number of aromatic nitrogens is 2. The number of rotatable bonds is 4. The van der Waals surface area contributed by atoms with Gasteiger partial charge >= 0.3 is 13.1 Å². The molecule has 1 fully saturated rings. The molecule has 9 heteroatoms. The van der Waals surface area contributed by atoms with Crippen molar-refractivity contribution in [3.8, 4) is 0 Å². The van der Waals surface area contributed by atoms with Gasteiger partial charge in [-0.3, -0.25) is 0 Å². The van der Waals surface area contributed by atoms with E-state index in [4.69, 9.17) is 20.1 Å². The van der Waals surface area contributed by atoms with Crippen molar-refractivity contribution < 1.29 is 19.2 Å². The van der Waals surface area contributed by atoms with Crippen LogP contribution in [-0.2, 0) is 9.31 Å². The zero-order valence-corrected chi connectivity index (χ0v) is 14.4. The van der Waals surface area contributed by atoms with Crippen LogP contribution in [0.3, 0.4) is 0 Å². The lowest BCUT2D eigenvalue weighted by atomic mass is 9.78. The van der Waals surface area contributed by atoms with Gasteiger partial charge in [-0.2, -0.15) is 12.6 Å². The Balaban J connectivity index is 2.34. The van der Waals surface area contributed by atoms with Gasteiger partial charge in [-0.15, -0.1) is 0 Å². The summed E-state index contributed by atoms with van der Waals surface area (Å²) >= 11 is 4.30. The molecule has 3 N–H and O–H groups in total. The number of nitrogens with zero attached hydrogens (tertiary/aromatic N) is 2. The Morgan fingerprint density at radius 2 is 1.96 bits per heavy atom. The number of hydrogen-bond donors (Lipinski definition) is 3. The van der Waals surface area contributed by atoms with Crippen LogP contribution in [-0.4, -0.2) is 45.1 Å². The third-order valence-electron chi connectivity index (χ3n) is 4.09. The van der Waals surface area contributed by atoms with Crippen LogP contribution in [0.2, 0.25) is 0 Å². The number of hydrogen-bond acceptors (Lipinski definition) is 7. The highest BCUT2D eigenvalue weighted by molar-refractivity contribution is 7.80. The number of anilines is 1. The summed E-state index contributed by atoms with van der Waals surface area (Å²) in [6, 6.07) is 0. The van der Waals surface area contributed by atoms with Gasteiger partial charge in [-0.25, -0.2) is 14.8 Å². The first-order valence-corrected chi connectivity index (χ1v) is 7.73. The molecule has 124 valence electrons. The number of aromatic carboxylic acids is 1. The molecule has 1 aromatic heterocycles. The summed E-state index contributed by atoms with van der Waals surface area (Å²) in [6.45, 7) is 7.81. The Morgan fingerprint density at radius 1 is 1.39 bits per heavy atom. The number of nitrogen functional groups attached to an aromatic ring is 1. The van der Waals surface area contributed by atoms with E-state index in [1.54, 1.807) is 6.08 Å². The molecule has 1 aliphatic rings. The maximum atomic E-state index is 11.1. The molecule has 0 saturated carbocycles. The van der Waals surface area contributed by atoms with E-state index in [0.717, 1.165) is 5.47 Å². The molecule has 0 unspecified atom stereocenters. The standard InChI is InChI=1S/C14H20BN3O4S/c1-13(2)14(3,4)22-15(21-13)8(7-23)5-9-6-17-11(16)10(18-9)12(19)20/h5-6,23H,7H2,1-4H3,(H2,16,17)(H,19,20). The van der Waals surface area contributed by atoms with Gasteiger partial charge in [0.1, 0.15) is 0 Å². The lowest BCUT2D eigenvalue weighted by Gasteiger charge is -2.32. The third-order valence-corrected chi connectivity index (χ3v) is 4.46. The van der Waals surface area contributed by atoms with Gasteiger partial charge < -0.3 is 20.1 Å². The number of nitrogens with two attached hydrogens (primary N) is 1. The Kier molecular flexibility index (Phi) is 4.75. The molecule has 23 heavy (non-hydrogen) atoms. The molecule has 7 nitrogen and oxygen atoms in total. The highest BCUT2D eigenvalue weighted by atomic mass is 32.1. The van der Waals surface area contributed by atoms with Crippen LogP contribution in [0.25, 0.3) is 6.08 Å². The van der Waals surface area contributed by atoms with Crippen molar-refractivity contribution in [2.45, 2.75) is 38.9 Å². The lowest BCUT2D eigenvalue weighted by Crippen LogP contribution is -2.41. The summed E-state index contributed by atoms with van der Waals surface area (Å²) in [5.41, 5.74) is 5.36. The summed E-state index contributed by atoms with van der Waals surface area (Å²) < 4.78 is 11.9. The van der Waals surface area contributed by atoms with Gasteiger partial charge in [0.05, 0.1) is 23.1 Å². The molecular weight excluding hydrogens is 317 g/mol. The molecule has 0 atom stereocenters. The average Bonchev–Trinajstić information content (AvgIpc) is 2.66. The molecule has 0 aliphatic carbocycles. The molecule has 1 aromatic rings. The van der Waals surface area contributed by atoms with E-state index < -0.39 is 24.3 Å². The normalized spacial score (nSPS) is 19.9. The summed E-state index contributed by atoms with van der Waals surface area (Å²) in [4.78, 5) is 18.9. The predicted molar refractivity (Wildman–Crippen MR) is 91.3 cm³/mol. The summed E-state index contributed by atoms with van der Waals surface area (Å²) in [7, 11) is -0.579. The van der Waals surface area contributed by atoms with E-state index >= 15 is 0 Å². The van der Waals surface area contributed by atoms with Crippen LogP contribution >= 0.6 is 12.6 Å². The molecule has 0 radical (unpaired) electrons. The molecular formula is C14H20BN3O4S. The zero-order chi connectivity index (χ0) is 17.4. The minimum absolute atomic E-state index is 0.127. The van der Waals surface area contributed by atoms with Gasteiger partial charge in [0.25, 0.3) is 0 Å². The van der Waals surface area contributed by atoms with Crippen LogP contribution < -0.4 is 5.73 Å². The molecule has 0 spiro atoms. The molecule has 0 bridgehead atoms. The second-order valence-corrected chi connectivity index (χ2v) is 6.62. The van der Waals surface area contributed by atoms with Crippen LogP contribution in [0, 0.1) is 0 Å². The smallest absolute Gasteiger partial charge is 0.476 e. The second kappa shape index (κ2) is 6.14. The molecule has 0 aromatic carbocycles. The molecule has 2 heterocycles. The van der Waals surface area contributed by atoms with Crippen LogP contribution in [0.4, 0.5) is 5.82 Å². The van der Waals surface area contributed by atoms with E-state index in [2.05, 4.69) is 22.6 Å². The zero-order valence-electron chi connectivity index (χ0n) is 13.5. The van der Waals surface area contributed by atoms with Crippen molar-refractivity contribution in [1.29, 1.82) is 0 Å². The molecule has 0 amide bonds. The van der Waals surface area contributed by atoms with Crippen LogP contribution in [0.1, 0.15) is 43.9 Å². The summed E-state index contributed by atoms with van der Waals surface area (Å²) in [5.74, 6) is -0.989. The maximum Gasteiger partial charge on any atom is 0.491 e. The molecule has 2 rings (SSSR count). The topological polar surface area (TPSA) is 108 Å². The number of carbonyl (C=O) groups is 1. The van der Waals surface area contributed by atoms with Crippen molar-refractivity contribution in [1.82, 2.24) is 9.97 Å². The Morgan fingerprint density at radius 3 is 2.43 bits per heavy atom. The van der Waals surface area contributed by atoms with E-state index in [0.29, 0.717) is 11.4 Å². The number of thiol groups is 1. The predicted octanol–water partition coefficient (Wildman–Crippen LogP) is 1.70. The Bertz CT molecular complexity index is 647. The minimum Gasteiger partial charge on any atom is -0.476 e. The van der Waals surface area contributed by atoms with Crippen molar-refractivity contribution in [2.75, 3.05) is 11.5 Å². The van der Waals surface area contributed by atoms with Gasteiger partial charge in [0.15, 0.2) is 11.5 Å². The lowest BCUT2D eigenvalue weighted by molar-refractivity contribution is 0.00578. The monoisotopic (exact) mass is 337 g/mol. The number of carboxylic acids is 1. The molecule has 1 aliphatic heterocycles. The summed E-state index contributed by atoms with van der Waals surface area (Å²) in [5, 5.41) is 9.06. The minimum atomic E-state index is -1.23. The van der Waals surface area contributed by atoms with Crippen LogP contribution in [0.5, 0.6) is 0 Å². The third kappa shape index (κ3) is 3.51. The Labute approximate surface area is 140 Å². The van der Waals surface area contributed by atoms with Gasteiger partial charge in [0.2, 0.25) is 0 Å². The van der Waals surface area contributed by atoms with E-state index in [9.17, 15) is 4.79 Å². The fraction of sp³-hybridized carbons (Fsp3) is 0.500. The average molecular weight is 337 g/mol. The fourth-order valence-corrected chi connectivity index (χ4v) is 2.25. The summed E-state index contributed by atoms with van der Waals surface area (Å²) in [6.07, 6.45) is 3.06. The second-order valence-electron chi connectivity index (χ2n) is 6.30. The number of carboxylic acid groups (broad SMARTS) is 1. The van der Waals surface area contributed by atoms with Crippen molar-refractivity contribution in [3.05, 3.63) is 23.1 Å². The maximum absolute atomic E-state index is 11.1. The fourth-order valence-electron chi connectivity index (χ4n) is 2.01. The first kappa shape index (κ1) is 17.8. The highest BCUT2D eigenvalue weighted by Gasteiger charge is 2.52. The SMILES string of the molecule is CC1(C)OB(C(=Cc2cnc(N)c(C(=O)O)n2)CS)OC1(C)C. The largest absolute Gasteiger partial charge is 0.491 e. The highest BCUT2D eigenvalue weighted by Crippen LogP contribution is 2.38. The van der Waals surface area contributed by atoms with E-state index in [-0.39, 0.29) is 11.5 Å². The van der Waals surface area contributed by atoms with Crippen molar-refractivity contribution in [2.24, 2.45) is 0 Å². The first-order chi connectivity index (χ1) is 10.6. The molecule has 1 saturated heterocycles. The Hall–Kier alpha value is -1.58. The van der Waals surface area contributed by atoms with Gasteiger partial charge in [-0.1, -0.05) is 0 Å². The van der Waals surface area contributed by atoms with Crippen LogP contribution in [0.15, 0.2) is 11.7 Å².